The van der Waals surface area contributed by atoms with Crippen LogP contribution in [0, 0.1) is 5.82 Å². The Bertz CT molecular complexity index is 650. The minimum absolute atomic E-state index is 0.00540. The first-order valence-corrected chi connectivity index (χ1v) is 5.84. The van der Waals surface area contributed by atoms with E-state index in [0.717, 1.165) is 6.20 Å². The second-order valence-corrected chi connectivity index (χ2v) is 4.43. The van der Waals surface area contributed by atoms with Gasteiger partial charge in [0, 0.05) is 11.9 Å². The molecule has 7 heteroatoms. The number of halogens is 3. The molecule has 2 N–H and O–H groups in total. The van der Waals surface area contributed by atoms with Crippen LogP contribution in [-0.4, -0.2) is 16.1 Å². The van der Waals surface area contributed by atoms with Crippen molar-refractivity contribution in [2.24, 2.45) is 0 Å². The molecule has 1 aromatic heterocycles. The normalized spacial score (nSPS) is 10.3. The summed E-state index contributed by atoms with van der Waals surface area (Å²) in [6.07, 6.45) is 1.16. The SMILES string of the molecule is O=C(O)c1cnc(Nc2ccc(Cl)c(F)c2)c(Cl)c1. The van der Waals surface area contributed by atoms with E-state index in [-0.39, 0.29) is 21.4 Å². The number of carbonyl (C=O) groups is 1. The van der Waals surface area contributed by atoms with Crippen LogP contribution in [0.15, 0.2) is 30.5 Å². The van der Waals surface area contributed by atoms with Crippen molar-refractivity contribution in [1.29, 1.82) is 0 Å². The number of carboxylic acid groups (broad SMARTS) is 1. The third-order valence-corrected chi connectivity index (χ3v) is 2.87. The van der Waals surface area contributed by atoms with Crippen molar-refractivity contribution in [3.8, 4) is 0 Å². The summed E-state index contributed by atoms with van der Waals surface area (Å²) in [6, 6.07) is 5.38. The average molecular weight is 301 g/mol. The highest BCUT2D eigenvalue weighted by atomic mass is 35.5. The lowest BCUT2D eigenvalue weighted by atomic mass is 10.2. The van der Waals surface area contributed by atoms with Gasteiger partial charge in [-0.1, -0.05) is 23.2 Å². The van der Waals surface area contributed by atoms with E-state index in [1.807, 2.05) is 0 Å². The van der Waals surface area contributed by atoms with E-state index in [9.17, 15) is 9.18 Å². The number of aromatic carboxylic acids is 1. The van der Waals surface area contributed by atoms with Crippen LogP contribution in [0.25, 0.3) is 0 Å². The summed E-state index contributed by atoms with van der Waals surface area (Å²) in [4.78, 5) is 14.6. The van der Waals surface area contributed by atoms with Gasteiger partial charge in [0.1, 0.15) is 11.6 Å². The van der Waals surface area contributed by atoms with Gasteiger partial charge in [-0.15, -0.1) is 0 Å². The molecule has 0 bridgehead atoms. The summed E-state index contributed by atoms with van der Waals surface area (Å²) in [5, 5.41) is 11.7. The predicted octanol–water partition coefficient (Wildman–Crippen LogP) is 3.97. The van der Waals surface area contributed by atoms with Gasteiger partial charge in [0.2, 0.25) is 0 Å². The lowest BCUT2D eigenvalue weighted by molar-refractivity contribution is 0.0696. The highest BCUT2D eigenvalue weighted by Gasteiger charge is 2.09. The summed E-state index contributed by atoms with van der Waals surface area (Å²) >= 11 is 11.4. The van der Waals surface area contributed by atoms with Gasteiger partial charge in [-0.25, -0.2) is 14.2 Å². The summed E-state index contributed by atoms with van der Waals surface area (Å²) in [5.74, 6) is -1.48. The first-order chi connectivity index (χ1) is 8.97. The van der Waals surface area contributed by atoms with E-state index in [2.05, 4.69) is 10.3 Å². The van der Waals surface area contributed by atoms with Gasteiger partial charge in [0.25, 0.3) is 0 Å². The molecule has 19 heavy (non-hydrogen) atoms. The van der Waals surface area contributed by atoms with Crippen LogP contribution < -0.4 is 5.32 Å². The Labute approximate surface area is 117 Å². The molecule has 0 saturated heterocycles. The molecule has 1 heterocycles. The van der Waals surface area contributed by atoms with Crippen molar-refractivity contribution in [2.75, 3.05) is 5.32 Å². The summed E-state index contributed by atoms with van der Waals surface area (Å²) in [5.41, 5.74) is 0.372. The molecule has 0 radical (unpaired) electrons. The fourth-order valence-electron chi connectivity index (χ4n) is 1.36. The van der Waals surface area contributed by atoms with Gasteiger partial charge in [-0.05, 0) is 24.3 Å². The van der Waals surface area contributed by atoms with Crippen molar-refractivity contribution >= 4 is 40.7 Å². The molecule has 2 rings (SSSR count). The molecular weight excluding hydrogens is 294 g/mol. The van der Waals surface area contributed by atoms with Crippen LogP contribution in [-0.2, 0) is 0 Å². The number of rotatable bonds is 3. The van der Waals surface area contributed by atoms with Crippen LogP contribution in [0.1, 0.15) is 10.4 Å². The zero-order chi connectivity index (χ0) is 14.0. The Balaban J connectivity index is 2.28. The first-order valence-electron chi connectivity index (χ1n) is 5.08. The number of benzene rings is 1. The van der Waals surface area contributed by atoms with Crippen molar-refractivity contribution in [3.05, 3.63) is 51.9 Å². The Hall–Kier alpha value is -1.85. The molecule has 0 unspecified atom stereocenters. The molecule has 0 saturated carbocycles. The summed E-state index contributed by atoms with van der Waals surface area (Å²) < 4.78 is 13.2. The van der Waals surface area contributed by atoms with E-state index in [4.69, 9.17) is 28.3 Å². The number of hydrogen-bond acceptors (Lipinski definition) is 3. The molecule has 2 aromatic rings. The molecule has 0 spiro atoms. The van der Waals surface area contributed by atoms with Crippen LogP contribution in [0.3, 0.4) is 0 Å². The van der Waals surface area contributed by atoms with Crippen molar-refractivity contribution in [3.63, 3.8) is 0 Å². The Morgan fingerprint density at radius 1 is 1.26 bits per heavy atom. The topological polar surface area (TPSA) is 62.2 Å². The lowest BCUT2D eigenvalue weighted by Crippen LogP contribution is -2.00. The predicted molar refractivity (Wildman–Crippen MR) is 70.9 cm³/mol. The maximum Gasteiger partial charge on any atom is 0.337 e. The van der Waals surface area contributed by atoms with Crippen molar-refractivity contribution in [2.45, 2.75) is 0 Å². The molecule has 0 aliphatic carbocycles. The second kappa shape index (κ2) is 5.42. The van der Waals surface area contributed by atoms with Gasteiger partial charge < -0.3 is 10.4 Å². The van der Waals surface area contributed by atoms with Crippen molar-refractivity contribution < 1.29 is 14.3 Å². The minimum Gasteiger partial charge on any atom is -0.478 e. The molecule has 0 fully saturated rings. The van der Waals surface area contributed by atoms with E-state index in [1.165, 1.54) is 18.2 Å². The fraction of sp³-hybridized carbons (Fsp3) is 0. The smallest absolute Gasteiger partial charge is 0.337 e. The van der Waals surface area contributed by atoms with Crippen LogP contribution in [0.2, 0.25) is 10.0 Å². The fourth-order valence-corrected chi connectivity index (χ4v) is 1.69. The zero-order valence-corrected chi connectivity index (χ0v) is 10.8. The highest BCUT2D eigenvalue weighted by Crippen LogP contribution is 2.26. The van der Waals surface area contributed by atoms with Gasteiger partial charge >= 0.3 is 5.97 Å². The first kappa shape index (κ1) is 13.6. The zero-order valence-electron chi connectivity index (χ0n) is 9.32. The van der Waals surface area contributed by atoms with E-state index >= 15 is 0 Å². The summed E-state index contributed by atoms with van der Waals surface area (Å²) in [7, 11) is 0. The van der Waals surface area contributed by atoms with Crippen molar-refractivity contribution in [1.82, 2.24) is 4.98 Å². The standard InChI is InChI=1S/C12H7Cl2FN2O2/c13-8-2-1-7(4-10(8)15)17-11-9(14)3-6(5-16-11)12(18)19/h1-5H,(H,16,17)(H,18,19). The van der Waals surface area contributed by atoms with Gasteiger partial charge in [0.05, 0.1) is 15.6 Å². The van der Waals surface area contributed by atoms with Crippen LogP contribution in [0.5, 0.6) is 0 Å². The largest absolute Gasteiger partial charge is 0.478 e. The maximum atomic E-state index is 13.2. The number of carboxylic acids is 1. The number of nitrogens with one attached hydrogen (secondary N) is 1. The third kappa shape index (κ3) is 3.13. The van der Waals surface area contributed by atoms with Gasteiger partial charge in [-0.2, -0.15) is 0 Å². The van der Waals surface area contributed by atoms with E-state index < -0.39 is 11.8 Å². The van der Waals surface area contributed by atoms with E-state index in [0.29, 0.717) is 5.69 Å². The van der Waals surface area contributed by atoms with Gasteiger partial charge in [0.15, 0.2) is 0 Å². The van der Waals surface area contributed by atoms with Crippen LogP contribution in [0.4, 0.5) is 15.9 Å². The Morgan fingerprint density at radius 2 is 2.00 bits per heavy atom. The molecular formula is C12H7Cl2FN2O2. The number of nitrogens with zero attached hydrogens (tertiary/aromatic N) is 1. The summed E-state index contributed by atoms with van der Waals surface area (Å²) in [6.45, 7) is 0. The highest BCUT2D eigenvalue weighted by molar-refractivity contribution is 6.33. The molecule has 98 valence electrons. The monoisotopic (exact) mass is 300 g/mol. The van der Waals surface area contributed by atoms with Gasteiger partial charge in [-0.3, -0.25) is 0 Å². The molecule has 0 aliphatic heterocycles. The Kier molecular flexibility index (Phi) is 3.87. The molecule has 0 amide bonds. The minimum atomic E-state index is -1.13. The average Bonchev–Trinajstić information content (AvgIpc) is 2.36. The lowest BCUT2D eigenvalue weighted by Gasteiger charge is -2.08. The number of aromatic nitrogens is 1. The molecule has 4 nitrogen and oxygen atoms in total. The maximum absolute atomic E-state index is 13.2. The second-order valence-electron chi connectivity index (χ2n) is 3.61. The van der Waals surface area contributed by atoms with Crippen LogP contribution >= 0.6 is 23.2 Å². The molecule has 0 aliphatic rings. The molecule has 1 aromatic carbocycles. The number of pyridine rings is 1. The van der Waals surface area contributed by atoms with E-state index in [1.54, 1.807) is 6.07 Å². The molecule has 0 atom stereocenters. The quantitative estimate of drug-likeness (QED) is 0.900. The third-order valence-electron chi connectivity index (χ3n) is 2.27. The number of hydrogen-bond donors (Lipinski definition) is 2. The number of anilines is 2. The Morgan fingerprint density at radius 3 is 2.58 bits per heavy atom.